The zero-order valence-electron chi connectivity index (χ0n) is 7.92. The Labute approximate surface area is 92.5 Å². The van der Waals surface area contributed by atoms with Gasteiger partial charge in [-0.1, -0.05) is 27.9 Å². The van der Waals surface area contributed by atoms with Crippen LogP contribution >= 0.6 is 15.9 Å². The van der Waals surface area contributed by atoms with Gasteiger partial charge in [0.05, 0.1) is 6.54 Å². The number of aromatic hydroxyl groups is 1. The first-order valence-corrected chi connectivity index (χ1v) is 5.09. The van der Waals surface area contributed by atoms with Crippen molar-refractivity contribution < 1.29 is 5.11 Å². The van der Waals surface area contributed by atoms with Crippen molar-refractivity contribution in [1.82, 2.24) is 5.32 Å². The average molecular weight is 254 g/mol. The highest BCUT2D eigenvalue weighted by Gasteiger charge is 2.08. The van der Waals surface area contributed by atoms with Crippen molar-refractivity contribution in [3.8, 4) is 18.1 Å². The van der Waals surface area contributed by atoms with E-state index in [1.54, 1.807) is 6.07 Å². The van der Waals surface area contributed by atoms with E-state index in [1.807, 2.05) is 19.1 Å². The van der Waals surface area contributed by atoms with Crippen LogP contribution in [0.4, 0.5) is 0 Å². The second-order valence-electron chi connectivity index (χ2n) is 3.01. The Bertz CT molecular complexity index is 357. The van der Waals surface area contributed by atoms with E-state index in [0.717, 1.165) is 10.0 Å². The van der Waals surface area contributed by atoms with Crippen molar-refractivity contribution in [2.75, 3.05) is 6.54 Å². The van der Waals surface area contributed by atoms with E-state index in [4.69, 9.17) is 6.42 Å². The van der Waals surface area contributed by atoms with Crippen molar-refractivity contribution in [1.29, 1.82) is 0 Å². The van der Waals surface area contributed by atoms with Gasteiger partial charge in [0, 0.05) is 16.1 Å². The van der Waals surface area contributed by atoms with E-state index in [2.05, 4.69) is 27.2 Å². The smallest absolute Gasteiger partial charge is 0.121 e. The van der Waals surface area contributed by atoms with Crippen LogP contribution in [0.15, 0.2) is 22.7 Å². The summed E-state index contributed by atoms with van der Waals surface area (Å²) in [5, 5.41) is 12.7. The maximum atomic E-state index is 9.64. The van der Waals surface area contributed by atoms with Gasteiger partial charge in [-0.25, -0.2) is 0 Å². The van der Waals surface area contributed by atoms with Crippen LogP contribution in [-0.4, -0.2) is 11.7 Å². The van der Waals surface area contributed by atoms with Crippen LogP contribution in [0.25, 0.3) is 0 Å². The van der Waals surface area contributed by atoms with Crippen LogP contribution in [0.3, 0.4) is 0 Å². The van der Waals surface area contributed by atoms with E-state index in [0.29, 0.717) is 6.54 Å². The standard InChI is InChI=1S/C11H12BrNO/c1-3-6-13-8(2)10-5-4-9(12)7-11(10)14/h1,4-5,7-8,13-14H,6H2,2H3. The number of rotatable bonds is 3. The van der Waals surface area contributed by atoms with Gasteiger partial charge in [-0.15, -0.1) is 6.42 Å². The second kappa shape index (κ2) is 5.04. The molecule has 0 saturated carbocycles. The molecule has 0 aliphatic carbocycles. The minimum absolute atomic E-state index is 0.0548. The summed E-state index contributed by atoms with van der Waals surface area (Å²) in [5.74, 6) is 2.77. The summed E-state index contributed by atoms with van der Waals surface area (Å²) in [5.41, 5.74) is 0.850. The Kier molecular flexibility index (Phi) is 3.99. The molecule has 0 heterocycles. The summed E-state index contributed by atoms with van der Waals surface area (Å²) in [4.78, 5) is 0. The number of terminal acetylenes is 1. The lowest BCUT2D eigenvalue weighted by Gasteiger charge is -2.13. The molecule has 0 fully saturated rings. The zero-order chi connectivity index (χ0) is 10.6. The van der Waals surface area contributed by atoms with Crippen LogP contribution in [-0.2, 0) is 0 Å². The topological polar surface area (TPSA) is 32.3 Å². The number of halogens is 1. The zero-order valence-corrected chi connectivity index (χ0v) is 9.51. The van der Waals surface area contributed by atoms with Gasteiger partial charge < -0.3 is 5.11 Å². The molecule has 3 heteroatoms. The molecule has 0 radical (unpaired) electrons. The molecule has 0 aliphatic rings. The monoisotopic (exact) mass is 253 g/mol. The summed E-state index contributed by atoms with van der Waals surface area (Å²) in [6.45, 7) is 2.46. The molecule has 0 spiro atoms. The van der Waals surface area contributed by atoms with Crippen LogP contribution < -0.4 is 5.32 Å². The molecule has 1 aromatic carbocycles. The van der Waals surface area contributed by atoms with Gasteiger partial charge in [-0.05, 0) is 19.1 Å². The van der Waals surface area contributed by atoms with E-state index in [1.165, 1.54) is 0 Å². The molecule has 1 unspecified atom stereocenters. The summed E-state index contributed by atoms with van der Waals surface area (Å²) in [7, 11) is 0. The minimum Gasteiger partial charge on any atom is -0.508 e. The fourth-order valence-corrected chi connectivity index (χ4v) is 1.55. The van der Waals surface area contributed by atoms with Gasteiger partial charge in [-0.3, -0.25) is 5.32 Å². The highest BCUT2D eigenvalue weighted by atomic mass is 79.9. The predicted octanol–water partition coefficient (Wildman–Crippen LogP) is 2.44. The molecule has 1 rings (SSSR count). The Morgan fingerprint density at radius 3 is 2.93 bits per heavy atom. The van der Waals surface area contributed by atoms with Crippen LogP contribution in [0, 0.1) is 12.3 Å². The fraction of sp³-hybridized carbons (Fsp3) is 0.273. The molecular weight excluding hydrogens is 242 g/mol. The van der Waals surface area contributed by atoms with Gasteiger partial charge >= 0.3 is 0 Å². The number of nitrogens with one attached hydrogen (secondary N) is 1. The molecule has 1 atom stereocenters. The maximum absolute atomic E-state index is 9.64. The number of benzene rings is 1. The van der Waals surface area contributed by atoms with Crippen LogP contribution in [0.5, 0.6) is 5.75 Å². The SMILES string of the molecule is C#CCNC(C)c1ccc(Br)cc1O. The molecule has 0 aromatic heterocycles. The predicted molar refractivity (Wildman–Crippen MR) is 61.1 cm³/mol. The molecule has 0 amide bonds. The summed E-state index contributed by atoms with van der Waals surface area (Å²) in [6, 6.07) is 5.49. The third-order valence-corrected chi connectivity index (χ3v) is 2.46. The third-order valence-electron chi connectivity index (χ3n) is 1.97. The first-order chi connectivity index (χ1) is 6.65. The van der Waals surface area contributed by atoms with Gasteiger partial charge in [0.15, 0.2) is 0 Å². The van der Waals surface area contributed by atoms with Gasteiger partial charge in [0.2, 0.25) is 0 Å². The number of hydrogen-bond donors (Lipinski definition) is 2. The Hall–Kier alpha value is -0.980. The number of hydrogen-bond acceptors (Lipinski definition) is 2. The quantitative estimate of drug-likeness (QED) is 0.812. The summed E-state index contributed by atoms with van der Waals surface area (Å²) >= 11 is 3.29. The van der Waals surface area contributed by atoms with Crippen molar-refractivity contribution in [3.63, 3.8) is 0 Å². The van der Waals surface area contributed by atoms with E-state index < -0.39 is 0 Å². The van der Waals surface area contributed by atoms with Gasteiger partial charge in [0.25, 0.3) is 0 Å². The summed E-state index contributed by atoms with van der Waals surface area (Å²) < 4.78 is 0.864. The van der Waals surface area contributed by atoms with Crippen molar-refractivity contribution in [2.24, 2.45) is 0 Å². The first-order valence-electron chi connectivity index (χ1n) is 4.30. The lowest BCUT2D eigenvalue weighted by atomic mass is 10.1. The molecule has 2 N–H and O–H groups in total. The van der Waals surface area contributed by atoms with Crippen molar-refractivity contribution >= 4 is 15.9 Å². The Balaban J connectivity index is 2.80. The lowest BCUT2D eigenvalue weighted by molar-refractivity contribution is 0.456. The van der Waals surface area contributed by atoms with E-state index >= 15 is 0 Å². The third kappa shape index (κ3) is 2.76. The van der Waals surface area contributed by atoms with Crippen LogP contribution in [0.2, 0.25) is 0 Å². The van der Waals surface area contributed by atoms with E-state index in [-0.39, 0.29) is 11.8 Å². The minimum atomic E-state index is 0.0548. The molecule has 74 valence electrons. The largest absolute Gasteiger partial charge is 0.508 e. The van der Waals surface area contributed by atoms with Gasteiger partial charge in [0.1, 0.15) is 5.75 Å². The fourth-order valence-electron chi connectivity index (χ4n) is 1.20. The van der Waals surface area contributed by atoms with Gasteiger partial charge in [-0.2, -0.15) is 0 Å². The molecule has 1 aromatic rings. The highest BCUT2D eigenvalue weighted by molar-refractivity contribution is 9.10. The molecule has 0 bridgehead atoms. The molecule has 0 aliphatic heterocycles. The Morgan fingerprint density at radius 2 is 2.36 bits per heavy atom. The lowest BCUT2D eigenvalue weighted by Crippen LogP contribution is -2.18. The number of phenols is 1. The molecular formula is C11H12BrNO. The van der Waals surface area contributed by atoms with Crippen LogP contribution in [0.1, 0.15) is 18.5 Å². The van der Waals surface area contributed by atoms with E-state index in [9.17, 15) is 5.11 Å². The summed E-state index contributed by atoms with van der Waals surface area (Å²) in [6.07, 6.45) is 5.13. The van der Waals surface area contributed by atoms with Crippen molar-refractivity contribution in [3.05, 3.63) is 28.2 Å². The molecule has 2 nitrogen and oxygen atoms in total. The first kappa shape index (κ1) is 11.1. The van der Waals surface area contributed by atoms with Crippen molar-refractivity contribution in [2.45, 2.75) is 13.0 Å². The highest BCUT2D eigenvalue weighted by Crippen LogP contribution is 2.27. The maximum Gasteiger partial charge on any atom is 0.121 e. The molecule has 0 saturated heterocycles. The normalized spacial score (nSPS) is 12.1. The second-order valence-corrected chi connectivity index (χ2v) is 3.93. The molecule has 14 heavy (non-hydrogen) atoms. The Morgan fingerprint density at radius 1 is 1.64 bits per heavy atom. The average Bonchev–Trinajstić information content (AvgIpc) is 2.14. The number of phenolic OH excluding ortho intramolecular Hbond substituents is 1.